The molecule has 5 nitrogen and oxygen atoms in total. The highest BCUT2D eigenvalue weighted by atomic mass is 16.3. The van der Waals surface area contributed by atoms with Gasteiger partial charge in [0.2, 0.25) is 0 Å². The van der Waals surface area contributed by atoms with E-state index in [4.69, 9.17) is 4.42 Å². The molecule has 1 fully saturated rings. The summed E-state index contributed by atoms with van der Waals surface area (Å²) in [5.41, 5.74) is 0. The van der Waals surface area contributed by atoms with Gasteiger partial charge in [0, 0.05) is 13.6 Å². The lowest BCUT2D eigenvalue weighted by atomic mass is 10.2. The molecule has 18 heavy (non-hydrogen) atoms. The van der Waals surface area contributed by atoms with Gasteiger partial charge in [0.25, 0.3) is 0 Å². The van der Waals surface area contributed by atoms with Crippen molar-refractivity contribution in [3.63, 3.8) is 0 Å². The van der Waals surface area contributed by atoms with Gasteiger partial charge in [-0.25, -0.2) is 4.79 Å². The second kappa shape index (κ2) is 5.44. The van der Waals surface area contributed by atoms with Crippen LogP contribution in [0, 0.1) is 6.92 Å². The second-order valence-electron chi connectivity index (χ2n) is 4.76. The van der Waals surface area contributed by atoms with Crippen LogP contribution in [0.15, 0.2) is 16.5 Å². The highest BCUT2D eigenvalue weighted by molar-refractivity contribution is 5.77. The van der Waals surface area contributed by atoms with E-state index >= 15 is 0 Å². The van der Waals surface area contributed by atoms with Crippen molar-refractivity contribution >= 4 is 6.03 Å². The van der Waals surface area contributed by atoms with Crippen molar-refractivity contribution in [3.05, 3.63) is 23.7 Å². The molecule has 1 aliphatic rings. The Hall–Kier alpha value is -1.49. The van der Waals surface area contributed by atoms with E-state index in [-0.39, 0.29) is 12.1 Å². The lowest BCUT2D eigenvalue weighted by Gasteiger charge is -2.15. The molecule has 1 saturated heterocycles. The third-order valence-electron chi connectivity index (χ3n) is 3.38. The zero-order valence-electron chi connectivity index (χ0n) is 11.3. The number of nitrogens with zero attached hydrogens (tertiary/aromatic N) is 2. The largest absolute Gasteiger partial charge is 0.464 e. The average Bonchev–Trinajstić information content (AvgIpc) is 2.88. The third-order valence-corrected chi connectivity index (χ3v) is 3.38. The van der Waals surface area contributed by atoms with Gasteiger partial charge in [0.05, 0.1) is 6.54 Å². The molecule has 2 heterocycles. The Morgan fingerprint density at radius 1 is 1.50 bits per heavy atom. The molecule has 1 aromatic heterocycles. The number of rotatable bonds is 5. The Kier molecular flexibility index (Phi) is 3.91. The molecule has 1 aliphatic heterocycles. The lowest BCUT2D eigenvalue weighted by Crippen LogP contribution is -2.31. The van der Waals surface area contributed by atoms with Crippen LogP contribution in [0.25, 0.3) is 0 Å². The second-order valence-corrected chi connectivity index (χ2v) is 4.76. The Morgan fingerprint density at radius 3 is 2.89 bits per heavy atom. The SMILES string of the molecule is CNCCCN1CC(c2ccc(C)o2)N(C)C1=O. The van der Waals surface area contributed by atoms with Gasteiger partial charge in [-0.2, -0.15) is 0 Å². The maximum atomic E-state index is 12.1. The summed E-state index contributed by atoms with van der Waals surface area (Å²) in [6.45, 7) is 4.36. The summed E-state index contributed by atoms with van der Waals surface area (Å²) in [6, 6.07) is 4.03. The molecular weight excluding hydrogens is 230 g/mol. The molecule has 0 saturated carbocycles. The number of urea groups is 1. The van der Waals surface area contributed by atoms with Crippen molar-refractivity contribution in [2.75, 3.05) is 33.7 Å². The third kappa shape index (κ3) is 2.51. The normalized spacial score (nSPS) is 19.9. The molecule has 1 N–H and O–H groups in total. The van der Waals surface area contributed by atoms with Crippen LogP contribution in [0.3, 0.4) is 0 Å². The topological polar surface area (TPSA) is 48.7 Å². The fourth-order valence-corrected chi connectivity index (χ4v) is 2.31. The number of hydrogen-bond donors (Lipinski definition) is 1. The molecule has 0 spiro atoms. The van der Waals surface area contributed by atoms with Crippen molar-refractivity contribution in [3.8, 4) is 0 Å². The van der Waals surface area contributed by atoms with E-state index in [0.717, 1.165) is 31.0 Å². The lowest BCUT2D eigenvalue weighted by molar-refractivity contribution is 0.193. The fourth-order valence-electron chi connectivity index (χ4n) is 2.31. The van der Waals surface area contributed by atoms with E-state index < -0.39 is 0 Å². The van der Waals surface area contributed by atoms with Gasteiger partial charge in [-0.15, -0.1) is 0 Å². The van der Waals surface area contributed by atoms with E-state index in [1.165, 1.54) is 0 Å². The number of likely N-dealkylation sites (N-methyl/N-ethyl adjacent to an activating group) is 1. The van der Waals surface area contributed by atoms with Crippen LogP contribution < -0.4 is 5.32 Å². The van der Waals surface area contributed by atoms with Crippen LogP contribution in [0.1, 0.15) is 24.0 Å². The minimum atomic E-state index is 0.0424. The molecule has 1 aromatic rings. The molecule has 0 bridgehead atoms. The molecule has 2 amide bonds. The summed E-state index contributed by atoms with van der Waals surface area (Å²) < 4.78 is 5.63. The van der Waals surface area contributed by atoms with Crippen LogP contribution in [-0.4, -0.2) is 49.6 Å². The van der Waals surface area contributed by atoms with Crippen LogP contribution in [0.5, 0.6) is 0 Å². The monoisotopic (exact) mass is 251 g/mol. The molecule has 2 rings (SSSR count). The van der Waals surface area contributed by atoms with Crippen LogP contribution in [-0.2, 0) is 0 Å². The Morgan fingerprint density at radius 2 is 2.28 bits per heavy atom. The predicted molar refractivity (Wildman–Crippen MR) is 69.5 cm³/mol. The van der Waals surface area contributed by atoms with Gasteiger partial charge < -0.3 is 19.5 Å². The number of amides is 2. The Labute approximate surface area is 108 Å². The molecule has 1 unspecified atom stereocenters. The Balaban J connectivity index is 2.00. The van der Waals surface area contributed by atoms with E-state index in [1.807, 2.05) is 38.1 Å². The quantitative estimate of drug-likeness (QED) is 0.809. The average molecular weight is 251 g/mol. The molecule has 0 aromatic carbocycles. The first-order valence-electron chi connectivity index (χ1n) is 6.36. The van der Waals surface area contributed by atoms with Crippen molar-refractivity contribution < 1.29 is 9.21 Å². The summed E-state index contributed by atoms with van der Waals surface area (Å²) in [4.78, 5) is 15.7. The fraction of sp³-hybridized carbons (Fsp3) is 0.615. The number of furan rings is 1. The standard InChI is InChI=1S/C13H21N3O2/c1-10-5-6-12(18-10)11-9-16(8-4-7-14-2)13(17)15(11)3/h5-6,11,14H,4,7-9H2,1-3H3. The van der Waals surface area contributed by atoms with Crippen LogP contribution in [0.4, 0.5) is 4.79 Å². The number of carbonyl (C=O) groups excluding carboxylic acids is 1. The van der Waals surface area contributed by atoms with Crippen molar-refractivity contribution in [2.24, 2.45) is 0 Å². The van der Waals surface area contributed by atoms with Gasteiger partial charge in [0.15, 0.2) is 0 Å². The first-order valence-corrected chi connectivity index (χ1v) is 6.36. The summed E-state index contributed by atoms with van der Waals surface area (Å²) in [6.07, 6.45) is 0.972. The smallest absolute Gasteiger partial charge is 0.320 e. The van der Waals surface area contributed by atoms with Gasteiger partial charge in [0.1, 0.15) is 17.6 Å². The molecule has 0 radical (unpaired) electrons. The number of nitrogens with one attached hydrogen (secondary N) is 1. The highest BCUT2D eigenvalue weighted by Gasteiger charge is 2.36. The van der Waals surface area contributed by atoms with E-state index in [0.29, 0.717) is 6.54 Å². The number of carbonyl (C=O) groups is 1. The maximum absolute atomic E-state index is 12.1. The van der Waals surface area contributed by atoms with Gasteiger partial charge >= 0.3 is 6.03 Å². The van der Waals surface area contributed by atoms with Crippen molar-refractivity contribution in [1.29, 1.82) is 0 Å². The summed E-state index contributed by atoms with van der Waals surface area (Å²) in [5, 5.41) is 3.09. The highest BCUT2D eigenvalue weighted by Crippen LogP contribution is 2.29. The minimum Gasteiger partial charge on any atom is -0.464 e. The van der Waals surface area contributed by atoms with Gasteiger partial charge in [-0.3, -0.25) is 0 Å². The number of aryl methyl sites for hydroxylation is 1. The molecule has 1 atom stereocenters. The minimum absolute atomic E-state index is 0.0424. The molecule has 0 aliphatic carbocycles. The molecule has 100 valence electrons. The van der Waals surface area contributed by atoms with Crippen molar-refractivity contribution in [2.45, 2.75) is 19.4 Å². The van der Waals surface area contributed by atoms with E-state index in [1.54, 1.807) is 4.90 Å². The van der Waals surface area contributed by atoms with Crippen molar-refractivity contribution in [1.82, 2.24) is 15.1 Å². The molecular formula is C13H21N3O2. The summed E-state index contributed by atoms with van der Waals surface area (Å²) in [7, 11) is 3.76. The van der Waals surface area contributed by atoms with E-state index in [9.17, 15) is 4.79 Å². The van der Waals surface area contributed by atoms with Crippen LogP contribution in [0.2, 0.25) is 0 Å². The first kappa shape index (κ1) is 13.0. The first-order chi connectivity index (χ1) is 8.63. The Bertz CT molecular complexity index is 416. The molecule has 5 heteroatoms. The predicted octanol–water partition coefficient (Wildman–Crippen LogP) is 1.61. The zero-order valence-corrected chi connectivity index (χ0v) is 11.3. The maximum Gasteiger partial charge on any atom is 0.320 e. The van der Waals surface area contributed by atoms with Gasteiger partial charge in [-0.05, 0) is 39.1 Å². The zero-order chi connectivity index (χ0) is 13.1. The van der Waals surface area contributed by atoms with Gasteiger partial charge in [-0.1, -0.05) is 0 Å². The van der Waals surface area contributed by atoms with E-state index in [2.05, 4.69) is 5.32 Å². The summed E-state index contributed by atoms with van der Waals surface area (Å²) >= 11 is 0. The van der Waals surface area contributed by atoms with Crippen LogP contribution >= 0.6 is 0 Å². The summed E-state index contributed by atoms with van der Waals surface area (Å²) in [5.74, 6) is 1.76. The number of hydrogen-bond acceptors (Lipinski definition) is 3.